The minimum Gasteiger partial charge on any atom is -0.355 e. The highest BCUT2D eigenvalue weighted by Crippen LogP contribution is 2.50. The van der Waals surface area contributed by atoms with E-state index in [1.165, 1.54) is 0 Å². The third kappa shape index (κ3) is 2.70. The summed E-state index contributed by atoms with van der Waals surface area (Å²) in [5.74, 6) is 0.761. The van der Waals surface area contributed by atoms with E-state index in [0.29, 0.717) is 19.4 Å². The minimum atomic E-state index is -2.21. The van der Waals surface area contributed by atoms with E-state index in [9.17, 15) is 8.78 Å². The molecule has 0 radical (unpaired) electrons. The van der Waals surface area contributed by atoms with E-state index >= 15 is 0 Å². The largest absolute Gasteiger partial charge is 0.355 e. The smallest absolute Gasteiger partial charge is 0.245 e. The zero-order valence-corrected chi connectivity index (χ0v) is 11.0. The Morgan fingerprint density at radius 2 is 2.20 bits per heavy atom. The molecule has 0 unspecified atom stereocenters. The van der Waals surface area contributed by atoms with Crippen molar-refractivity contribution in [3.63, 3.8) is 0 Å². The van der Waals surface area contributed by atoms with E-state index in [2.05, 4.69) is 10.3 Å². The second-order valence-electron chi connectivity index (χ2n) is 4.14. The van der Waals surface area contributed by atoms with Gasteiger partial charge >= 0.3 is 0 Å². The number of alkyl halides is 2. The minimum absolute atomic E-state index is 0. The number of nitrogens with zero attached hydrogens (tertiary/aromatic N) is 2. The molecule has 3 nitrogen and oxygen atoms in total. The first-order valence-corrected chi connectivity index (χ1v) is 4.92. The van der Waals surface area contributed by atoms with Gasteiger partial charge in [0, 0.05) is 25.6 Å². The van der Waals surface area contributed by atoms with Crippen molar-refractivity contribution in [2.45, 2.75) is 19.3 Å². The van der Waals surface area contributed by atoms with Crippen LogP contribution in [0.4, 0.5) is 8.78 Å². The van der Waals surface area contributed by atoms with Gasteiger partial charge in [0.1, 0.15) is 0 Å². The molecule has 0 amide bonds. The van der Waals surface area contributed by atoms with Crippen molar-refractivity contribution in [3.8, 4) is 0 Å². The molecule has 0 spiro atoms. The highest BCUT2D eigenvalue weighted by Gasteiger charge is 2.51. The summed E-state index contributed by atoms with van der Waals surface area (Å²) < 4.78 is 25.1. The zero-order valence-electron chi connectivity index (χ0n) is 8.67. The summed E-state index contributed by atoms with van der Waals surface area (Å²) in [5, 5.41) is 3.01. The highest BCUT2D eigenvalue weighted by atomic mass is 127. The molecule has 0 aromatic rings. The van der Waals surface area contributed by atoms with Gasteiger partial charge in [0.2, 0.25) is 6.43 Å². The number of hydrogen-bond donors (Lipinski definition) is 1. The van der Waals surface area contributed by atoms with Crippen LogP contribution in [0.15, 0.2) is 4.99 Å². The Morgan fingerprint density at radius 3 is 2.60 bits per heavy atom. The summed E-state index contributed by atoms with van der Waals surface area (Å²) in [4.78, 5) is 6.15. The molecule has 1 saturated carbocycles. The van der Waals surface area contributed by atoms with Crippen molar-refractivity contribution < 1.29 is 8.78 Å². The lowest BCUT2D eigenvalue weighted by molar-refractivity contribution is 0.0636. The molecular weight excluding hydrogens is 315 g/mol. The quantitative estimate of drug-likeness (QED) is 0.795. The van der Waals surface area contributed by atoms with E-state index in [0.717, 1.165) is 19.0 Å². The van der Waals surface area contributed by atoms with Crippen LogP contribution in [0.25, 0.3) is 0 Å². The Balaban J connectivity index is 0.00000112. The van der Waals surface area contributed by atoms with Crippen LogP contribution in [0.3, 0.4) is 0 Å². The molecular formula is C9H16F2IN3. The second kappa shape index (κ2) is 4.80. The molecule has 88 valence electrons. The fourth-order valence-electron chi connectivity index (χ4n) is 1.61. The van der Waals surface area contributed by atoms with Crippen molar-refractivity contribution in [3.05, 3.63) is 0 Å². The third-order valence-electron chi connectivity index (χ3n) is 3.01. The summed E-state index contributed by atoms with van der Waals surface area (Å²) in [6, 6.07) is 0. The lowest BCUT2D eigenvalue weighted by Crippen LogP contribution is -2.40. The average Bonchev–Trinajstić information content (AvgIpc) is 2.83. The van der Waals surface area contributed by atoms with Crippen molar-refractivity contribution in [1.29, 1.82) is 0 Å². The molecule has 1 N–H and O–H groups in total. The molecule has 0 atom stereocenters. The number of aliphatic imine (C=N–C) groups is 1. The summed E-state index contributed by atoms with van der Waals surface area (Å²) in [6.45, 7) is 2.00. The van der Waals surface area contributed by atoms with Crippen molar-refractivity contribution in [2.75, 3.05) is 26.7 Å². The highest BCUT2D eigenvalue weighted by molar-refractivity contribution is 14.0. The lowest BCUT2D eigenvalue weighted by Gasteiger charge is -2.19. The number of guanidine groups is 1. The van der Waals surface area contributed by atoms with Crippen LogP contribution in [0.5, 0.6) is 0 Å². The lowest BCUT2D eigenvalue weighted by atomic mass is 10.1. The maximum Gasteiger partial charge on any atom is 0.245 e. The second-order valence-corrected chi connectivity index (χ2v) is 4.14. The predicted octanol–water partition coefficient (Wildman–Crippen LogP) is 1.54. The summed E-state index contributed by atoms with van der Waals surface area (Å²) in [7, 11) is 1.92. The van der Waals surface area contributed by atoms with Crippen LogP contribution in [0.1, 0.15) is 12.8 Å². The molecule has 0 aromatic carbocycles. The maximum absolute atomic E-state index is 12.6. The summed E-state index contributed by atoms with van der Waals surface area (Å²) >= 11 is 0. The first-order chi connectivity index (χ1) is 6.64. The first kappa shape index (κ1) is 12.9. The topological polar surface area (TPSA) is 27.6 Å². The number of nitrogens with one attached hydrogen (secondary N) is 1. The third-order valence-corrected chi connectivity index (χ3v) is 3.01. The number of halogens is 3. The first-order valence-electron chi connectivity index (χ1n) is 4.92. The van der Waals surface area contributed by atoms with E-state index in [1.54, 1.807) is 0 Å². The molecule has 1 aliphatic carbocycles. The summed E-state index contributed by atoms with van der Waals surface area (Å²) in [5.41, 5.74) is -0.758. The van der Waals surface area contributed by atoms with Crippen molar-refractivity contribution >= 4 is 29.9 Å². The van der Waals surface area contributed by atoms with Gasteiger partial charge in [-0.25, -0.2) is 8.78 Å². The van der Waals surface area contributed by atoms with Crippen molar-refractivity contribution in [2.24, 2.45) is 10.4 Å². The maximum atomic E-state index is 12.6. The SMILES string of the molecule is CN1CCN=C1NCC1(C(F)F)CC1.I. The molecule has 6 heteroatoms. The van der Waals surface area contributed by atoms with E-state index < -0.39 is 11.8 Å². The zero-order chi connectivity index (χ0) is 10.2. The average molecular weight is 331 g/mol. The van der Waals surface area contributed by atoms with Crippen LogP contribution in [-0.2, 0) is 0 Å². The van der Waals surface area contributed by atoms with E-state index in [-0.39, 0.29) is 24.0 Å². The molecule has 0 saturated heterocycles. The number of likely N-dealkylation sites (N-methyl/N-ethyl adjacent to an activating group) is 1. The normalized spacial score (nSPS) is 22.4. The van der Waals surface area contributed by atoms with Gasteiger partial charge < -0.3 is 10.2 Å². The molecule has 2 rings (SSSR count). The summed E-state index contributed by atoms with van der Waals surface area (Å²) in [6.07, 6.45) is -0.939. The Hall–Kier alpha value is -0.140. The molecule has 2 aliphatic rings. The van der Waals surface area contributed by atoms with Gasteiger partial charge in [0.15, 0.2) is 5.96 Å². The van der Waals surface area contributed by atoms with Crippen LogP contribution in [-0.4, -0.2) is 44.0 Å². The molecule has 1 heterocycles. The van der Waals surface area contributed by atoms with Crippen LogP contribution >= 0.6 is 24.0 Å². The van der Waals surface area contributed by atoms with Gasteiger partial charge in [0.25, 0.3) is 0 Å². The van der Waals surface area contributed by atoms with Gasteiger partial charge in [-0.15, -0.1) is 24.0 Å². The van der Waals surface area contributed by atoms with Gasteiger partial charge in [-0.3, -0.25) is 4.99 Å². The molecule has 1 fully saturated rings. The van der Waals surface area contributed by atoms with Gasteiger partial charge in [-0.2, -0.15) is 0 Å². The Bertz CT molecular complexity index is 254. The van der Waals surface area contributed by atoms with E-state index in [1.807, 2.05) is 11.9 Å². The Labute approximate surface area is 105 Å². The number of rotatable bonds is 3. The van der Waals surface area contributed by atoms with E-state index in [4.69, 9.17) is 0 Å². The Kier molecular flexibility index (Phi) is 4.13. The molecule has 15 heavy (non-hydrogen) atoms. The van der Waals surface area contributed by atoms with Crippen LogP contribution in [0.2, 0.25) is 0 Å². The van der Waals surface area contributed by atoms with Gasteiger partial charge in [0.05, 0.1) is 6.54 Å². The standard InChI is InChI=1S/C9H15F2N3.HI/c1-14-5-4-12-8(14)13-6-9(2-3-9)7(10)11;/h7H,2-6H2,1H3,(H,12,13);1H. The molecule has 0 aromatic heterocycles. The van der Waals surface area contributed by atoms with Gasteiger partial charge in [-0.05, 0) is 12.8 Å². The van der Waals surface area contributed by atoms with Crippen LogP contribution in [0, 0.1) is 5.41 Å². The van der Waals surface area contributed by atoms with Crippen molar-refractivity contribution in [1.82, 2.24) is 10.2 Å². The fourth-order valence-corrected chi connectivity index (χ4v) is 1.61. The monoisotopic (exact) mass is 331 g/mol. The Morgan fingerprint density at radius 1 is 1.53 bits per heavy atom. The van der Waals surface area contributed by atoms with Crippen LogP contribution < -0.4 is 5.32 Å². The number of hydrogen-bond acceptors (Lipinski definition) is 3. The fraction of sp³-hybridized carbons (Fsp3) is 0.889. The molecule has 1 aliphatic heterocycles. The molecule has 0 bridgehead atoms. The predicted molar refractivity (Wildman–Crippen MR) is 66.0 cm³/mol. The van der Waals surface area contributed by atoms with Gasteiger partial charge in [-0.1, -0.05) is 0 Å².